The van der Waals surface area contributed by atoms with Crippen molar-refractivity contribution in [1.82, 2.24) is 19.9 Å². The van der Waals surface area contributed by atoms with Crippen LogP contribution in [0.3, 0.4) is 0 Å². The molecule has 1 aromatic carbocycles. The number of amides is 1. The Hall–Kier alpha value is -2.17. The minimum Gasteiger partial charge on any atom is -0.333 e. The summed E-state index contributed by atoms with van der Waals surface area (Å²) in [5.74, 6) is 0.192. The Morgan fingerprint density at radius 3 is 2.25 bits per heavy atom. The van der Waals surface area contributed by atoms with E-state index in [9.17, 15) is 4.79 Å². The molecule has 2 fully saturated rings. The first-order valence-electron chi connectivity index (χ1n) is 9.03. The fourth-order valence-electron chi connectivity index (χ4n) is 4.33. The van der Waals surface area contributed by atoms with Gasteiger partial charge in [-0.25, -0.2) is 0 Å². The van der Waals surface area contributed by atoms with E-state index < -0.39 is 0 Å². The van der Waals surface area contributed by atoms with Gasteiger partial charge in [0.1, 0.15) is 0 Å². The molecule has 2 bridgehead atoms. The lowest BCUT2D eigenvalue weighted by molar-refractivity contribution is 0.0512. The van der Waals surface area contributed by atoms with E-state index in [1.807, 2.05) is 16.9 Å². The number of hydrogen-bond acceptors (Lipinski definition) is 3. The zero-order valence-corrected chi connectivity index (χ0v) is 14.1. The topological polar surface area (TPSA) is 51.0 Å². The lowest BCUT2D eigenvalue weighted by Gasteiger charge is -2.38. The van der Waals surface area contributed by atoms with Crippen LogP contribution < -0.4 is 0 Å². The molecule has 126 valence electrons. The van der Waals surface area contributed by atoms with E-state index in [0.717, 1.165) is 44.1 Å². The maximum Gasteiger partial charge on any atom is 0.254 e. The quantitative estimate of drug-likeness (QED) is 0.867. The summed E-state index contributed by atoms with van der Waals surface area (Å²) in [5.41, 5.74) is 2.13. The second-order valence-electron chi connectivity index (χ2n) is 7.02. The number of fused-ring (bicyclic) bond motifs is 2. The van der Waals surface area contributed by atoms with Gasteiger partial charge in [-0.05, 0) is 49.8 Å². The molecule has 0 spiro atoms. The number of carbonyl (C=O) groups is 1. The average molecular weight is 324 g/mol. The van der Waals surface area contributed by atoms with Crippen LogP contribution in [0.2, 0.25) is 0 Å². The maximum atomic E-state index is 13.0. The van der Waals surface area contributed by atoms with Gasteiger partial charge in [0, 0.05) is 17.6 Å². The number of nitrogens with zero attached hydrogens (tertiary/aromatic N) is 4. The number of piperidine rings is 1. The fraction of sp³-hybridized carbons (Fsp3) is 0.526. The SMILES string of the molecule is CCCc1ccc(C(=O)N2C3CCC2CC(n2nccn2)C3)cc1. The standard InChI is InChI=1S/C19H24N4O/c1-2-3-14-4-6-15(7-5-14)19(24)22-16-8-9-17(22)13-18(12-16)23-20-10-11-21-23/h4-7,10-11,16-18H,2-3,8-9,12-13H2,1H3. The van der Waals surface area contributed by atoms with Crippen molar-refractivity contribution >= 4 is 5.91 Å². The van der Waals surface area contributed by atoms with E-state index in [4.69, 9.17) is 0 Å². The van der Waals surface area contributed by atoms with Crippen molar-refractivity contribution in [3.63, 3.8) is 0 Å². The summed E-state index contributed by atoms with van der Waals surface area (Å²) in [6.45, 7) is 2.18. The first kappa shape index (κ1) is 15.4. The minimum absolute atomic E-state index is 0.192. The number of benzene rings is 1. The Morgan fingerprint density at radius 2 is 1.67 bits per heavy atom. The lowest BCUT2D eigenvalue weighted by atomic mass is 9.96. The van der Waals surface area contributed by atoms with Crippen molar-refractivity contribution in [3.05, 3.63) is 47.8 Å². The molecule has 2 unspecified atom stereocenters. The Bertz CT molecular complexity index is 681. The number of aryl methyl sites for hydroxylation is 1. The number of aromatic nitrogens is 3. The maximum absolute atomic E-state index is 13.0. The van der Waals surface area contributed by atoms with Gasteiger partial charge in [0.25, 0.3) is 5.91 Å². The molecule has 1 amide bonds. The second kappa shape index (κ2) is 6.38. The Balaban J connectivity index is 1.50. The van der Waals surface area contributed by atoms with Crippen LogP contribution in [0.4, 0.5) is 0 Å². The Morgan fingerprint density at radius 1 is 1.04 bits per heavy atom. The number of hydrogen-bond donors (Lipinski definition) is 0. The Labute approximate surface area is 142 Å². The molecule has 24 heavy (non-hydrogen) atoms. The minimum atomic E-state index is 0.192. The smallest absolute Gasteiger partial charge is 0.254 e. The summed E-state index contributed by atoms with van der Waals surface area (Å²) in [6.07, 6.45) is 9.79. The summed E-state index contributed by atoms with van der Waals surface area (Å²) < 4.78 is 0. The van der Waals surface area contributed by atoms with Crippen molar-refractivity contribution in [3.8, 4) is 0 Å². The van der Waals surface area contributed by atoms with Gasteiger partial charge in [-0.2, -0.15) is 15.0 Å². The highest BCUT2D eigenvalue weighted by molar-refractivity contribution is 5.95. The zero-order valence-electron chi connectivity index (χ0n) is 14.1. The van der Waals surface area contributed by atoms with Crippen LogP contribution in [0, 0.1) is 0 Å². The van der Waals surface area contributed by atoms with Crippen molar-refractivity contribution < 1.29 is 4.79 Å². The van der Waals surface area contributed by atoms with E-state index in [0.29, 0.717) is 18.1 Å². The van der Waals surface area contributed by atoms with Crippen LogP contribution in [-0.4, -0.2) is 37.9 Å². The molecular formula is C19H24N4O. The first-order chi connectivity index (χ1) is 11.8. The molecule has 5 nitrogen and oxygen atoms in total. The van der Waals surface area contributed by atoms with Gasteiger partial charge in [-0.1, -0.05) is 25.5 Å². The fourth-order valence-corrected chi connectivity index (χ4v) is 4.33. The van der Waals surface area contributed by atoms with Crippen molar-refractivity contribution in [2.75, 3.05) is 0 Å². The predicted molar refractivity (Wildman–Crippen MR) is 91.7 cm³/mol. The largest absolute Gasteiger partial charge is 0.333 e. The van der Waals surface area contributed by atoms with Crippen LogP contribution in [-0.2, 0) is 6.42 Å². The summed E-state index contributed by atoms with van der Waals surface area (Å²) in [7, 11) is 0. The van der Waals surface area contributed by atoms with Crippen molar-refractivity contribution in [2.45, 2.75) is 63.6 Å². The van der Waals surface area contributed by atoms with Crippen LogP contribution in [0.25, 0.3) is 0 Å². The third-order valence-electron chi connectivity index (χ3n) is 5.45. The highest BCUT2D eigenvalue weighted by Gasteiger charge is 2.44. The third-order valence-corrected chi connectivity index (χ3v) is 5.45. The van der Waals surface area contributed by atoms with Gasteiger partial charge in [-0.3, -0.25) is 4.79 Å². The van der Waals surface area contributed by atoms with E-state index >= 15 is 0 Å². The van der Waals surface area contributed by atoms with Gasteiger partial charge in [0.2, 0.25) is 0 Å². The summed E-state index contributed by atoms with van der Waals surface area (Å²) in [5, 5.41) is 8.59. The van der Waals surface area contributed by atoms with Gasteiger partial charge in [0.05, 0.1) is 18.4 Å². The molecule has 4 rings (SSSR count). The molecule has 5 heteroatoms. The molecular weight excluding hydrogens is 300 g/mol. The molecule has 3 heterocycles. The molecule has 2 aliphatic rings. The Kier molecular flexibility index (Phi) is 4.08. The van der Waals surface area contributed by atoms with Crippen LogP contribution in [0.1, 0.15) is 61.0 Å². The first-order valence-corrected chi connectivity index (χ1v) is 9.03. The molecule has 2 aromatic rings. The highest BCUT2D eigenvalue weighted by atomic mass is 16.2. The molecule has 0 radical (unpaired) electrons. The predicted octanol–water partition coefficient (Wildman–Crippen LogP) is 3.24. The van der Waals surface area contributed by atoms with Crippen molar-refractivity contribution in [1.29, 1.82) is 0 Å². The van der Waals surface area contributed by atoms with E-state index in [2.05, 4.69) is 34.2 Å². The summed E-state index contributed by atoms with van der Waals surface area (Å²) >= 11 is 0. The summed E-state index contributed by atoms with van der Waals surface area (Å²) in [4.78, 5) is 17.0. The van der Waals surface area contributed by atoms with Gasteiger partial charge >= 0.3 is 0 Å². The van der Waals surface area contributed by atoms with Gasteiger partial charge in [-0.15, -0.1) is 0 Å². The highest BCUT2D eigenvalue weighted by Crippen LogP contribution is 2.41. The molecule has 0 aliphatic carbocycles. The van der Waals surface area contributed by atoms with E-state index in [1.54, 1.807) is 12.4 Å². The van der Waals surface area contributed by atoms with E-state index in [-0.39, 0.29) is 5.91 Å². The molecule has 1 aromatic heterocycles. The molecule has 2 atom stereocenters. The third kappa shape index (κ3) is 2.72. The van der Waals surface area contributed by atoms with Crippen LogP contribution >= 0.6 is 0 Å². The average Bonchev–Trinajstić information content (AvgIpc) is 3.22. The van der Waals surface area contributed by atoms with Gasteiger partial charge < -0.3 is 4.90 Å². The summed E-state index contributed by atoms with van der Waals surface area (Å²) in [6, 6.07) is 9.15. The van der Waals surface area contributed by atoms with Gasteiger partial charge in [0.15, 0.2) is 0 Å². The normalized spacial score (nSPS) is 25.9. The van der Waals surface area contributed by atoms with Crippen LogP contribution in [0.15, 0.2) is 36.7 Å². The van der Waals surface area contributed by atoms with E-state index in [1.165, 1.54) is 5.56 Å². The molecule has 0 N–H and O–H groups in total. The molecule has 0 saturated carbocycles. The van der Waals surface area contributed by atoms with Crippen LogP contribution in [0.5, 0.6) is 0 Å². The number of carbonyl (C=O) groups excluding carboxylic acids is 1. The monoisotopic (exact) mass is 324 g/mol. The second-order valence-corrected chi connectivity index (χ2v) is 7.02. The molecule has 2 aliphatic heterocycles. The number of rotatable bonds is 4. The molecule has 2 saturated heterocycles. The lowest BCUT2D eigenvalue weighted by Crippen LogP contribution is -2.47. The zero-order chi connectivity index (χ0) is 16.5. The van der Waals surface area contributed by atoms with Crippen molar-refractivity contribution in [2.24, 2.45) is 0 Å².